The van der Waals surface area contributed by atoms with Crippen LogP contribution >= 0.6 is 0 Å². The Morgan fingerprint density at radius 3 is 2.42 bits per heavy atom. The molecule has 10 heteroatoms. The van der Waals surface area contributed by atoms with E-state index in [0.29, 0.717) is 18.8 Å². The van der Waals surface area contributed by atoms with Crippen molar-refractivity contribution in [3.63, 3.8) is 0 Å². The molecule has 180 valence electrons. The van der Waals surface area contributed by atoms with Crippen LogP contribution in [0.15, 0.2) is 12.4 Å². The number of imide groups is 1. The first kappa shape index (κ1) is 26.1. The first-order valence-electron chi connectivity index (χ1n) is 10.8. The van der Waals surface area contributed by atoms with Gasteiger partial charge in [-0.15, -0.1) is 0 Å². The Balaban J connectivity index is 2.39. The summed E-state index contributed by atoms with van der Waals surface area (Å²) in [7, 11) is 1.64. The van der Waals surface area contributed by atoms with Crippen LogP contribution in [0.2, 0.25) is 0 Å². The number of hydrogen-bond donors (Lipinski definition) is 2. The summed E-state index contributed by atoms with van der Waals surface area (Å²) in [6, 6.07) is -0.282. The van der Waals surface area contributed by atoms with E-state index in [4.69, 9.17) is 9.47 Å². The van der Waals surface area contributed by atoms with Crippen LogP contribution in [0.25, 0.3) is 0 Å². The highest BCUT2D eigenvalue weighted by Gasteiger charge is 2.22. The fourth-order valence-electron chi connectivity index (χ4n) is 3.41. The minimum atomic E-state index is -0.500. The van der Waals surface area contributed by atoms with Gasteiger partial charge >= 0.3 is 0 Å². The molecule has 1 atom stereocenters. The molecule has 2 N–H and O–H groups in total. The van der Waals surface area contributed by atoms with Gasteiger partial charge in [0.05, 0.1) is 31.1 Å². The molecule has 0 fully saturated rings. The van der Waals surface area contributed by atoms with Gasteiger partial charge in [0.2, 0.25) is 17.8 Å². The van der Waals surface area contributed by atoms with Crippen LogP contribution in [0.3, 0.4) is 0 Å². The van der Waals surface area contributed by atoms with E-state index >= 15 is 0 Å². The lowest BCUT2D eigenvalue weighted by atomic mass is 10.0. The number of rotatable bonds is 11. The summed E-state index contributed by atoms with van der Waals surface area (Å²) >= 11 is 0. The summed E-state index contributed by atoms with van der Waals surface area (Å²) in [5, 5.41) is 12.9. The van der Waals surface area contributed by atoms with Crippen molar-refractivity contribution in [3.8, 4) is 5.75 Å². The zero-order valence-corrected chi connectivity index (χ0v) is 20.1. The van der Waals surface area contributed by atoms with Crippen LogP contribution in [0.5, 0.6) is 5.75 Å². The Bertz CT molecular complexity index is 968. The van der Waals surface area contributed by atoms with Crippen molar-refractivity contribution in [1.82, 2.24) is 15.0 Å². The van der Waals surface area contributed by atoms with E-state index in [1.807, 2.05) is 20.8 Å². The molecule has 2 aromatic rings. The molecule has 0 unspecified atom stereocenters. The lowest BCUT2D eigenvalue weighted by Crippen LogP contribution is -2.35. The molecule has 0 aliphatic carbocycles. The standard InChI is InChI=1S/C23H33N5O5/c1-7-8-18(11-29)26-22-21(10-25-23(27-22)28(16(4)30)17(5)31)33-13-20-15(3)19(12-32-6)14(2)9-24-20/h9-10,18,29H,7-8,11-13H2,1-6H3,(H,25,26,27)/t18-/m0/s1. The minimum absolute atomic E-state index is 0.0648. The molecule has 0 aliphatic rings. The van der Waals surface area contributed by atoms with Gasteiger partial charge in [-0.25, -0.2) is 9.88 Å². The second-order valence-corrected chi connectivity index (χ2v) is 7.78. The second-order valence-electron chi connectivity index (χ2n) is 7.78. The quantitative estimate of drug-likeness (QED) is 0.521. The molecule has 0 saturated heterocycles. The molecule has 0 radical (unpaired) electrons. The van der Waals surface area contributed by atoms with Crippen LogP contribution in [-0.2, 0) is 27.5 Å². The summed E-state index contributed by atoms with van der Waals surface area (Å²) < 4.78 is 11.3. The number of amides is 2. The molecular weight excluding hydrogens is 426 g/mol. The van der Waals surface area contributed by atoms with Gasteiger partial charge in [0.1, 0.15) is 6.61 Å². The van der Waals surface area contributed by atoms with E-state index in [2.05, 4.69) is 20.3 Å². The molecule has 2 rings (SSSR count). The first-order chi connectivity index (χ1) is 15.7. The smallest absolute Gasteiger partial charge is 0.241 e. The van der Waals surface area contributed by atoms with E-state index in [1.165, 1.54) is 20.0 Å². The summed E-state index contributed by atoms with van der Waals surface area (Å²) in [5.74, 6) is -0.471. The van der Waals surface area contributed by atoms with E-state index < -0.39 is 11.8 Å². The zero-order chi connectivity index (χ0) is 24.5. The molecule has 33 heavy (non-hydrogen) atoms. The van der Waals surface area contributed by atoms with Gasteiger partial charge in [0, 0.05) is 27.2 Å². The monoisotopic (exact) mass is 459 g/mol. The second kappa shape index (κ2) is 12.2. The zero-order valence-electron chi connectivity index (χ0n) is 20.1. The Kier molecular flexibility index (Phi) is 9.68. The third-order valence-corrected chi connectivity index (χ3v) is 5.20. The first-order valence-corrected chi connectivity index (χ1v) is 10.8. The van der Waals surface area contributed by atoms with Crippen molar-refractivity contribution < 1.29 is 24.2 Å². The molecule has 0 saturated carbocycles. The SMILES string of the molecule is CCC[C@@H](CO)Nc1nc(N(C(C)=O)C(C)=O)ncc1OCc1ncc(C)c(COC)c1C. The van der Waals surface area contributed by atoms with Gasteiger partial charge in [-0.3, -0.25) is 14.6 Å². The van der Waals surface area contributed by atoms with Crippen LogP contribution < -0.4 is 15.0 Å². The Morgan fingerprint density at radius 1 is 1.15 bits per heavy atom. The topological polar surface area (TPSA) is 127 Å². The van der Waals surface area contributed by atoms with Gasteiger partial charge < -0.3 is 19.9 Å². The van der Waals surface area contributed by atoms with Crippen molar-refractivity contribution in [2.45, 2.75) is 66.7 Å². The number of anilines is 2. The number of carbonyl (C=O) groups excluding carboxylic acids is 2. The number of hydrogen-bond acceptors (Lipinski definition) is 9. The van der Waals surface area contributed by atoms with E-state index in [9.17, 15) is 14.7 Å². The van der Waals surface area contributed by atoms with Crippen LogP contribution in [0, 0.1) is 13.8 Å². The summed E-state index contributed by atoms with van der Waals surface area (Å²) in [6.45, 7) is 8.98. The Hall–Kier alpha value is -3.11. The maximum absolute atomic E-state index is 11.9. The summed E-state index contributed by atoms with van der Waals surface area (Å²) in [4.78, 5) is 37.8. The summed E-state index contributed by atoms with van der Waals surface area (Å²) in [6.07, 6.45) is 4.72. The fourth-order valence-corrected chi connectivity index (χ4v) is 3.41. The number of ether oxygens (including phenoxy) is 2. The third kappa shape index (κ3) is 6.69. The molecule has 0 aromatic carbocycles. The third-order valence-electron chi connectivity index (χ3n) is 5.20. The Labute approximate surface area is 194 Å². The maximum Gasteiger partial charge on any atom is 0.241 e. The number of nitrogens with one attached hydrogen (secondary N) is 1. The molecular formula is C23H33N5O5. The average molecular weight is 460 g/mol. The molecule has 0 spiro atoms. The average Bonchev–Trinajstić information content (AvgIpc) is 2.76. The number of aromatic nitrogens is 3. The number of aliphatic hydroxyl groups is 1. The van der Waals surface area contributed by atoms with Gasteiger partial charge in [0.25, 0.3) is 0 Å². The van der Waals surface area contributed by atoms with Gasteiger partial charge in [-0.05, 0) is 37.0 Å². The molecule has 10 nitrogen and oxygen atoms in total. The van der Waals surface area contributed by atoms with Gasteiger partial charge in [-0.1, -0.05) is 13.3 Å². The Morgan fingerprint density at radius 2 is 1.85 bits per heavy atom. The van der Waals surface area contributed by atoms with Crippen molar-refractivity contribution in [1.29, 1.82) is 0 Å². The van der Waals surface area contributed by atoms with E-state index in [1.54, 1.807) is 13.3 Å². The maximum atomic E-state index is 11.9. The minimum Gasteiger partial charge on any atom is -0.482 e. The highest BCUT2D eigenvalue weighted by Crippen LogP contribution is 2.27. The van der Waals surface area contributed by atoms with E-state index in [0.717, 1.165) is 33.7 Å². The fraction of sp³-hybridized carbons (Fsp3) is 0.522. The van der Waals surface area contributed by atoms with Crippen LogP contribution in [-0.4, -0.2) is 51.6 Å². The predicted octanol–water partition coefficient (Wildman–Crippen LogP) is 2.69. The number of nitrogens with zero attached hydrogens (tertiary/aromatic N) is 4. The number of aliphatic hydroxyl groups excluding tert-OH is 1. The lowest BCUT2D eigenvalue weighted by Gasteiger charge is -2.21. The van der Waals surface area contributed by atoms with Gasteiger partial charge in [-0.2, -0.15) is 4.98 Å². The molecule has 2 amide bonds. The molecule has 2 heterocycles. The van der Waals surface area contributed by atoms with Crippen molar-refractivity contribution >= 4 is 23.6 Å². The molecule has 0 bridgehead atoms. The lowest BCUT2D eigenvalue weighted by molar-refractivity contribution is -0.124. The molecule has 0 aliphatic heterocycles. The number of pyridine rings is 1. The van der Waals surface area contributed by atoms with Crippen LogP contribution in [0.1, 0.15) is 56.0 Å². The predicted molar refractivity (Wildman–Crippen MR) is 124 cm³/mol. The van der Waals surface area contributed by atoms with Crippen molar-refractivity contribution in [2.24, 2.45) is 0 Å². The summed E-state index contributed by atoms with van der Waals surface area (Å²) in [5.41, 5.74) is 3.80. The van der Waals surface area contributed by atoms with Crippen molar-refractivity contribution in [3.05, 3.63) is 34.8 Å². The molecule has 2 aromatic heterocycles. The number of carbonyl (C=O) groups is 2. The number of methoxy groups -OCH3 is 1. The number of aryl methyl sites for hydroxylation is 1. The largest absolute Gasteiger partial charge is 0.482 e. The van der Waals surface area contributed by atoms with Gasteiger partial charge in [0.15, 0.2) is 11.6 Å². The normalized spacial score (nSPS) is 11.7. The van der Waals surface area contributed by atoms with Crippen molar-refractivity contribution in [2.75, 3.05) is 23.9 Å². The van der Waals surface area contributed by atoms with Crippen LogP contribution in [0.4, 0.5) is 11.8 Å². The highest BCUT2D eigenvalue weighted by molar-refractivity contribution is 6.11. The highest BCUT2D eigenvalue weighted by atomic mass is 16.5. The van der Waals surface area contributed by atoms with E-state index in [-0.39, 0.29) is 31.0 Å².